The Kier molecular flexibility index (Phi) is 4.85. The maximum absolute atomic E-state index is 11.9. The van der Waals surface area contributed by atoms with E-state index in [0.29, 0.717) is 6.61 Å². The minimum atomic E-state index is -0.258. The smallest absolute Gasteiger partial charge is 0.246 e. The second-order valence-corrected chi connectivity index (χ2v) is 5.79. The van der Waals surface area contributed by atoms with Gasteiger partial charge in [-0.1, -0.05) is 13.0 Å². The van der Waals surface area contributed by atoms with Gasteiger partial charge in [0.1, 0.15) is 11.8 Å². The van der Waals surface area contributed by atoms with E-state index in [4.69, 9.17) is 9.47 Å². The molecule has 5 nitrogen and oxygen atoms in total. The van der Waals surface area contributed by atoms with Gasteiger partial charge in [-0.2, -0.15) is 0 Å². The number of hydrogen-bond acceptors (Lipinski definition) is 4. The lowest BCUT2D eigenvalue weighted by molar-refractivity contribution is -0.117. The average molecular weight is 292 g/mol. The van der Waals surface area contributed by atoms with Crippen LogP contribution in [-0.2, 0) is 9.53 Å². The summed E-state index contributed by atoms with van der Waals surface area (Å²) in [6, 6.07) is 5.47. The van der Waals surface area contributed by atoms with Crippen molar-refractivity contribution < 1.29 is 14.3 Å². The summed E-state index contributed by atoms with van der Waals surface area (Å²) in [6.07, 6.45) is 0.799. The molecule has 1 aliphatic heterocycles. The summed E-state index contributed by atoms with van der Waals surface area (Å²) in [7, 11) is 1.70. The Bertz CT molecular complexity index is 514. The maximum atomic E-state index is 11.9. The van der Waals surface area contributed by atoms with Crippen molar-refractivity contribution in [3.05, 3.63) is 23.8 Å². The van der Waals surface area contributed by atoms with Gasteiger partial charge in [-0.25, -0.2) is 0 Å². The number of benzene rings is 1. The first-order chi connectivity index (χ1) is 9.96. The van der Waals surface area contributed by atoms with Crippen LogP contribution in [0, 0.1) is 0 Å². The third-order valence-electron chi connectivity index (χ3n) is 3.79. The number of carbonyl (C=O) groups is 1. The van der Waals surface area contributed by atoms with E-state index < -0.39 is 0 Å². The number of anilines is 1. The molecule has 0 spiro atoms. The summed E-state index contributed by atoms with van der Waals surface area (Å²) in [5.41, 5.74) is 1.61. The van der Waals surface area contributed by atoms with Crippen LogP contribution in [0.3, 0.4) is 0 Å². The van der Waals surface area contributed by atoms with Crippen molar-refractivity contribution in [1.29, 1.82) is 0 Å². The van der Waals surface area contributed by atoms with E-state index in [-0.39, 0.29) is 17.6 Å². The lowest BCUT2D eigenvalue weighted by Gasteiger charge is -2.22. The van der Waals surface area contributed by atoms with Crippen LogP contribution in [-0.4, -0.2) is 31.8 Å². The highest BCUT2D eigenvalue weighted by molar-refractivity contribution is 6.02. The van der Waals surface area contributed by atoms with Crippen LogP contribution in [0.15, 0.2) is 18.2 Å². The van der Waals surface area contributed by atoms with Crippen LogP contribution < -0.4 is 15.4 Å². The van der Waals surface area contributed by atoms with Gasteiger partial charge in [0.15, 0.2) is 0 Å². The summed E-state index contributed by atoms with van der Waals surface area (Å²) in [6.45, 7) is 7.37. The first kappa shape index (κ1) is 15.8. The lowest BCUT2D eigenvalue weighted by Crippen LogP contribution is -2.27. The monoisotopic (exact) mass is 292 g/mol. The van der Waals surface area contributed by atoms with Crippen LogP contribution in [0.2, 0.25) is 0 Å². The van der Waals surface area contributed by atoms with Gasteiger partial charge >= 0.3 is 0 Å². The minimum absolute atomic E-state index is 0.00971. The molecule has 0 aliphatic carbocycles. The molecule has 1 heterocycles. The Morgan fingerprint density at radius 2 is 2.14 bits per heavy atom. The van der Waals surface area contributed by atoms with Gasteiger partial charge in [-0.05, 0) is 26.5 Å². The molecule has 0 radical (unpaired) electrons. The number of methoxy groups -OCH3 is 1. The van der Waals surface area contributed by atoms with Crippen LogP contribution in [0.5, 0.6) is 5.75 Å². The maximum Gasteiger partial charge on any atom is 0.246 e. The number of carbonyl (C=O) groups excluding carboxylic acids is 1. The molecule has 1 unspecified atom stereocenters. The molecule has 1 aliphatic rings. The highest BCUT2D eigenvalue weighted by Crippen LogP contribution is 2.33. The van der Waals surface area contributed by atoms with Gasteiger partial charge < -0.3 is 20.1 Å². The van der Waals surface area contributed by atoms with E-state index in [1.54, 1.807) is 7.11 Å². The van der Waals surface area contributed by atoms with E-state index in [9.17, 15) is 4.79 Å². The molecule has 1 atom stereocenters. The predicted octanol–water partition coefficient (Wildman–Crippen LogP) is 2.48. The van der Waals surface area contributed by atoms with E-state index >= 15 is 0 Å². The highest BCUT2D eigenvalue weighted by Gasteiger charge is 2.29. The fourth-order valence-electron chi connectivity index (χ4n) is 2.25. The Hall–Kier alpha value is -1.59. The average Bonchev–Trinajstić information content (AvgIpc) is 2.75. The highest BCUT2D eigenvalue weighted by atomic mass is 16.5. The minimum Gasteiger partial charge on any atom is -0.493 e. The summed E-state index contributed by atoms with van der Waals surface area (Å²) < 4.78 is 11.1. The van der Waals surface area contributed by atoms with Crippen molar-refractivity contribution in [2.75, 3.05) is 25.6 Å². The molecule has 0 bridgehead atoms. The number of hydrogen-bond donors (Lipinski definition) is 2. The van der Waals surface area contributed by atoms with E-state index in [2.05, 4.69) is 10.6 Å². The van der Waals surface area contributed by atoms with Crippen molar-refractivity contribution in [2.45, 2.75) is 38.8 Å². The molecular weight excluding hydrogens is 268 g/mol. The molecule has 2 rings (SSSR count). The summed E-state index contributed by atoms with van der Waals surface area (Å²) in [5, 5.41) is 6.06. The van der Waals surface area contributed by atoms with Gasteiger partial charge in [0.05, 0.1) is 12.2 Å². The zero-order chi connectivity index (χ0) is 15.5. The quantitative estimate of drug-likeness (QED) is 0.810. The second kappa shape index (κ2) is 6.45. The Balaban J connectivity index is 1.99. The number of nitrogens with one attached hydrogen (secondary N) is 2. The molecule has 0 saturated carbocycles. The van der Waals surface area contributed by atoms with Gasteiger partial charge in [0.2, 0.25) is 5.91 Å². The molecule has 2 N–H and O–H groups in total. The van der Waals surface area contributed by atoms with E-state index in [0.717, 1.165) is 30.0 Å². The van der Waals surface area contributed by atoms with Crippen LogP contribution >= 0.6 is 0 Å². The zero-order valence-corrected chi connectivity index (χ0v) is 13.2. The zero-order valence-electron chi connectivity index (χ0n) is 13.2. The van der Waals surface area contributed by atoms with E-state index in [1.165, 1.54) is 0 Å². The van der Waals surface area contributed by atoms with Crippen molar-refractivity contribution in [3.8, 4) is 5.75 Å². The fourth-order valence-corrected chi connectivity index (χ4v) is 2.25. The summed E-state index contributed by atoms with van der Waals surface area (Å²) in [5.74, 6) is 0.752. The van der Waals surface area contributed by atoms with Crippen molar-refractivity contribution in [1.82, 2.24) is 5.32 Å². The Morgan fingerprint density at radius 1 is 1.38 bits per heavy atom. The van der Waals surface area contributed by atoms with Crippen LogP contribution in [0.4, 0.5) is 5.69 Å². The summed E-state index contributed by atoms with van der Waals surface area (Å²) in [4.78, 5) is 11.9. The standard InChI is InChI=1S/C16H24N2O3/c1-5-17-14-12-7-6-11(10-13(12)18-15(14)19)21-9-8-16(2,3)20-4/h6-7,10,14,17H,5,8-9H2,1-4H3,(H,18,19). The molecule has 0 saturated heterocycles. The molecular formula is C16H24N2O3. The number of ether oxygens (including phenoxy) is 2. The predicted molar refractivity (Wildman–Crippen MR) is 82.7 cm³/mol. The van der Waals surface area contributed by atoms with Crippen molar-refractivity contribution in [2.24, 2.45) is 0 Å². The third-order valence-corrected chi connectivity index (χ3v) is 3.79. The lowest BCUT2D eigenvalue weighted by atomic mass is 10.1. The number of fused-ring (bicyclic) bond motifs is 1. The molecule has 1 amide bonds. The first-order valence-corrected chi connectivity index (χ1v) is 7.33. The normalized spacial score (nSPS) is 17.5. The molecule has 1 aromatic rings. The van der Waals surface area contributed by atoms with Gasteiger partial charge in [-0.15, -0.1) is 0 Å². The molecule has 1 aromatic carbocycles. The van der Waals surface area contributed by atoms with Gasteiger partial charge in [-0.3, -0.25) is 4.79 Å². The Labute approximate surface area is 126 Å². The first-order valence-electron chi connectivity index (χ1n) is 7.33. The summed E-state index contributed by atoms with van der Waals surface area (Å²) >= 11 is 0. The largest absolute Gasteiger partial charge is 0.493 e. The van der Waals surface area contributed by atoms with Gasteiger partial charge in [0, 0.05) is 30.8 Å². The topological polar surface area (TPSA) is 59.6 Å². The van der Waals surface area contributed by atoms with Crippen LogP contribution in [0.1, 0.15) is 38.8 Å². The SMILES string of the molecule is CCNC1C(=O)Nc2cc(OCCC(C)(C)OC)ccc21. The number of likely N-dealkylation sites (N-methyl/N-ethyl adjacent to an activating group) is 1. The molecule has 5 heteroatoms. The second-order valence-electron chi connectivity index (χ2n) is 5.79. The third kappa shape index (κ3) is 3.74. The van der Waals surface area contributed by atoms with E-state index in [1.807, 2.05) is 39.0 Å². The van der Waals surface area contributed by atoms with Gasteiger partial charge in [0.25, 0.3) is 0 Å². The van der Waals surface area contributed by atoms with Crippen molar-refractivity contribution in [3.63, 3.8) is 0 Å². The Morgan fingerprint density at radius 3 is 2.81 bits per heavy atom. The van der Waals surface area contributed by atoms with Crippen molar-refractivity contribution >= 4 is 11.6 Å². The molecule has 0 fully saturated rings. The molecule has 0 aromatic heterocycles. The molecule has 21 heavy (non-hydrogen) atoms. The fraction of sp³-hybridized carbons (Fsp3) is 0.562. The van der Waals surface area contributed by atoms with Crippen LogP contribution in [0.25, 0.3) is 0 Å². The number of rotatable bonds is 7. The number of amides is 1. The molecule has 116 valence electrons.